The molecule has 0 aliphatic carbocycles. The fourth-order valence-electron chi connectivity index (χ4n) is 2.13. The highest BCUT2D eigenvalue weighted by molar-refractivity contribution is 7.87. The summed E-state index contributed by atoms with van der Waals surface area (Å²) in [7, 11) is -1.91. The number of hydrogen-bond donors (Lipinski definition) is 2. The Balaban J connectivity index is 2.34. The molecule has 0 bridgehead atoms. The summed E-state index contributed by atoms with van der Waals surface area (Å²) >= 11 is 0. The van der Waals surface area contributed by atoms with Crippen molar-refractivity contribution in [3.05, 3.63) is 0 Å². The third-order valence-corrected chi connectivity index (χ3v) is 4.88. The number of ether oxygens (including phenoxy) is 1. The van der Waals surface area contributed by atoms with Gasteiger partial charge in [-0.05, 0) is 25.2 Å². The summed E-state index contributed by atoms with van der Waals surface area (Å²) in [6.45, 7) is 1.51. The van der Waals surface area contributed by atoms with Crippen LogP contribution in [0.3, 0.4) is 0 Å². The summed E-state index contributed by atoms with van der Waals surface area (Å²) in [5.74, 6) is -0.488. The van der Waals surface area contributed by atoms with E-state index in [0.29, 0.717) is 32.0 Å². The number of piperidine rings is 1. The monoisotopic (exact) mass is 294 g/mol. The molecule has 112 valence electrons. The van der Waals surface area contributed by atoms with E-state index in [1.807, 2.05) is 0 Å². The Labute approximate surface area is 114 Å². The van der Waals surface area contributed by atoms with Gasteiger partial charge in [0, 0.05) is 33.2 Å². The maximum Gasteiger partial charge on any atom is 0.303 e. The molecule has 19 heavy (non-hydrogen) atoms. The fourth-order valence-corrected chi connectivity index (χ4v) is 3.35. The number of methoxy groups -OCH3 is 1. The molecule has 7 nitrogen and oxygen atoms in total. The summed E-state index contributed by atoms with van der Waals surface area (Å²) < 4.78 is 32.5. The van der Waals surface area contributed by atoms with E-state index < -0.39 is 16.2 Å². The smallest absolute Gasteiger partial charge is 0.303 e. The average molecular weight is 294 g/mol. The quantitative estimate of drug-likeness (QED) is 0.616. The predicted octanol–water partition coefficient (Wildman–Crippen LogP) is 0.0440. The lowest BCUT2D eigenvalue weighted by atomic mass is 9.93. The Morgan fingerprint density at radius 3 is 2.58 bits per heavy atom. The lowest BCUT2D eigenvalue weighted by Gasteiger charge is -2.30. The third-order valence-electron chi connectivity index (χ3n) is 3.27. The van der Waals surface area contributed by atoms with Crippen LogP contribution in [0.15, 0.2) is 0 Å². The van der Waals surface area contributed by atoms with E-state index in [9.17, 15) is 13.2 Å². The van der Waals surface area contributed by atoms with Crippen molar-refractivity contribution < 1.29 is 23.1 Å². The number of carbonyl (C=O) groups is 1. The maximum absolute atomic E-state index is 11.9. The van der Waals surface area contributed by atoms with Gasteiger partial charge in [0.1, 0.15) is 0 Å². The first-order chi connectivity index (χ1) is 8.95. The van der Waals surface area contributed by atoms with Gasteiger partial charge in [0.2, 0.25) is 0 Å². The second-order valence-corrected chi connectivity index (χ2v) is 6.42. The van der Waals surface area contributed by atoms with Crippen LogP contribution in [0.2, 0.25) is 0 Å². The van der Waals surface area contributed by atoms with Crippen molar-refractivity contribution >= 4 is 16.2 Å². The van der Waals surface area contributed by atoms with Crippen LogP contribution in [0.4, 0.5) is 0 Å². The zero-order valence-corrected chi connectivity index (χ0v) is 12.0. The highest BCUT2D eigenvalue weighted by Gasteiger charge is 2.27. The molecule has 2 N–H and O–H groups in total. The van der Waals surface area contributed by atoms with Crippen LogP contribution < -0.4 is 4.72 Å². The molecule has 0 unspecified atom stereocenters. The van der Waals surface area contributed by atoms with Crippen LogP contribution in [0.5, 0.6) is 0 Å². The minimum absolute atomic E-state index is 0.156. The predicted molar refractivity (Wildman–Crippen MR) is 70.0 cm³/mol. The van der Waals surface area contributed by atoms with Crippen LogP contribution in [-0.2, 0) is 19.7 Å². The van der Waals surface area contributed by atoms with E-state index in [-0.39, 0.29) is 13.0 Å². The minimum Gasteiger partial charge on any atom is -0.481 e. The Morgan fingerprint density at radius 1 is 1.42 bits per heavy atom. The molecule has 0 atom stereocenters. The van der Waals surface area contributed by atoms with Crippen LogP contribution in [0, 0.1) is 5.92 Å². The molecular formula is C11H22N2O5S. The van der Waals surface area contributed by atoms with Gasteiger partial charge in [0.15, 0.2) is 0 Å². The number of rotatable bonds is 8. The molecule has 0 spiro atoms. The molecule has 8 heteroatoms. The Bertz CT molecular complexity index is 377. The number of nitrogens with one attached hydrogen (secondary N) is 1. The molecular weight excluding hydrogens is 272 g/mol. The second-order valence-electron chi connectivity index (χ2n) is 4.67. The van der Waals surface area contributed by atoms with Crippen molar-refractivity contribution in [1.82, 2.24) is 9.03 Å². The van der Waals surface area contributed by atoms with Gasteiger partial charge in [0.25, 0.3) is 10.2 Å². The van der Waals surface area contributed by atoms with Gasteiger partial charge < -0.3 is 9.84 Å². The summed E-state index contributed by atoms with van der Waals surface area (Å²) in [6, 6.07) is 0. The molecule has 0 amide bonds. The summed E-state index contributed by atoms with van der Waals surface area (Å²) in [6.07, 6.45) is 2.22. The Morgan fingerprint density at radius 2 is 2.05 bits per heavy atom. The van der Waals surface area contributed by atoms with E-state index in [1.54, 1.807) is 0 Å². The first-order valence-corrected chi connectivity index (χ1v) is 7.85. The molecule has 1 aliphatic heterocycles. The van der Waals surface area contributed by atoms with Crippen LogP contribution >= 0.6 is 0 Å². The van der Waals surface area contributed by atoms with E-state index in [0.717, 1.165) is 12.8 Å². The molecule has 0 aromatic carbocycles. The van der Waals surface area contributed by atoms with Gasteiger partial charge in [-0.15, -0.1) is 0 Å². The third kappa shape index (κ3) is 5.85. The van der Waals surface area contributed by atoms with E-state index in [2.05, 4.69) is 4.72 Å². The molecule has 0 radical (unpaired) electrons. The topological polar surface area (TPSA) is 95.9 Å². The Hall–Kier alpha value is -0.700. The minimum atomic E-state index is -3.42. The molecule has 0 aromatic rings. The number of carboxylic acids is 1. The zero-order valence-electron chi connectivity index (χ0n) is 11.2. The molecule has 1 aliphatic rings. The summed E-state index contributed by atoms with van der Waals surface area (Å²) in [5, 5.41) is 8.62. The Kier molecular flexibility index (Phi) is 6.70. The molecule has 1 saturated heterocycles. The largest absolute Gasteiger partial charge is 0.481 e. The highest BCUT2D eigenvalue weighted by Crippen LogP contribution is 2.23. The van der Waals surface area contributed by atoms with Gasteiger partial charge in [-0.1, -0.05) is 0 Å². The van der Waals surface area contributed by atoms with Crippen molar-refractivity contribution in [1.29, 1.82) is 0 Å². The van der Waals surface area contributed by atoms with Crippen molar-refractivity contribution in [2.24, 2.45) is 5.92 Å². The van der Waals surface area contributed by atoms with Gasteiger partial charge >= 0.3 is 5.97 Å². The molecule has 1 heterocycles. The van der Waals surface area contributed by atoms with Crippen LogP contribution in [-0.4, -0.2) is 57.1 Å². The van der Waals surface area contributed by atoms with E-state index in [1.165, 1.54) is 11.4 Å². The normalized spacial score (nSPS) is 18.6. The number of aliphatic carboxylic acids is 1. The summed E-state index contributed by atoms with van der Waals surface area (Å²) in [5.41, 5.74) is 0. The molecule has 1 rings (SSSR count). The first kappa shape index (κ1) is 16.4. The molecule has 0 saturated carbocycles. The second kappa shape index (κ2) is 7.78. The fraction of sp³-hybridized carbons (Fsp3) is 0.909. The van der Waals surface area contributed by atoms with Gasteiger partial charge in [-0.3, -0.25) is 4.79 Å². The lowest BCUT2D eigenvalue weighted by molar-refractivity contribution is -0.137. The van der Waals surface area contributed by atoms with Gasteiger partial charge in [0.05, 0.1) is 6.61 Å². The van der Waals surface area contributed by atoms with Crippen LogP contribution in [0.1, 0.15) is 25.7 Å². The van der Waals surface area contributed by atoms with Crippen molar-refractivity contribution in [3.8, 4) is 0 Å². The number of nitrogens with zero attached hydrogens (tertiary/aromatic N) is 1. The number of hydrogen-bond acceptors (Lipinski definition) is 4. The van der Waals surface area contributed by atoms with Crippen molar-refractivity contribution in [2.45, 2.75) is 25.7 Å². The van der Waals surface area contributed by atoms with Gasteiger partial charge in [-0.2, -0.15) is 17.4 Å². The standard InChI is InChI=1S/C11H22N2O5S/c1-18-9-6-12-19(16,17)13-7-4-10(5-8-13)2-3-11(14)15/h10,12H,2-9H2,1H3,(H,14,15). The first-order valence-electron chi connectivity index (χ1n) is 6.41. The number of carboxylic acid groups (broad SMARTS) is 1. The summed E-state index contributed by atoms with van der Waals surface area (Å²) in [4.78, 5) is 10.5. The van der Waals surface area contributed by atoms with Gasteiger partial charge in [-0.25, -0.2) is 0 Å². The molecule has 0 aromatic heterocycles. The van der Waals surface area contributed by atoms with Crippen LogP contribution in [0.25, 0.3) is 0 Å². The maximum atomic E-state index is 11.9. The van der Waals surface area contributed by atoms with E-state index >= 15 is 0 Å². The van der Waals surface area contributed by atoms with Crippen molar-refractivity contribution in [2.75, 3.05) is 33.4 Å². The average Bonchev–Trinajstić information content (AvgIpc) is 2.37. The molecule has 1 fully saturated rings. The zero-order chi connectivity index (χ0) is 14.3. The van der Waals surface area contributed by atoms with Crippen molar-refractivity contribution in [3.63, 3.8) is 0 Å². The van der Waals surface area contributed by atoms with E-state index in [4.69, 9.17) is 9.84 Å². The SMILES string of the molecule is COCCNS(=O)(=O)N1CCC(CCC(=O)O)CC1. The lowest BCUT2D eigenvalue weighted by Crippen LogP contribution is -2.45. The highest BCUT2D eigenvalue weighted by atomic mass is 32.2.